The molecule has 5 nitrogen and oxygen atoms in total. The minimum Gasteiger partial charge on any atom is -0.545 e. The molecule has 0 unspecified atom stereocenters. The number of ether oxygens (including phenoxy) is 1. The van der Waals surface area contributed by atoms with Crippen molar-refractivity contribution in [2.45, 2.75) is 6.92 Å². The number of amides is 1. The van der Waals surface area contributed by atoms with Crippen LogP contribution in [0, 0.1) is 6.92 Å². The summed E-state index contributed by atoms with van der Waals surface area (Å²) >= 11 is 0. The maximum Gasteiger partial charge on any atom is 0.259 e. The Balaban J connectivity index is 2.35. The zero-order valence-electron chi connectivity index (χ0n) is 11.7. The molecule has 0 fully saturated rings. The van der Waals surface area contributed by atoms with Gasteiger partial charge in [-0.15, -0.1) is 0 Å². The zero-order chi connectivity index (χ0) is 15.4. The highest BCUT2D eigenvalue weighted by molar-refractivity contribution is 6.09. The Kier molecular flexibility index (Phi) is 4.23. The third-order valence-electron chi connectivity index (χ3n) is 3.06. The van der Waals surface area contributed by atoms with Crippen molar-refractivity contribution in [3.05, 3.63) is 59.2 Å². The second-order valence-corrected chi connectivity index (χ2v) is 4.44. The number of rotatable bonds is 4. The van der Waals surface area contributed by atoms with E-state index in [1.54, 1.807) is 24.3 Å². The summed E-state index contributed by atoms with van der Waals surface area (Å²) in [5.41, 5.74) is 1.27. The molecule has 0 bridgehead atoms. The Morgan fingerprint density at radius 1 is 1.05 bits per heavy atom. The Bertz CT molecular complexity index is 694. The number of anilines is 1. The first-order chi connectivity index (χ1) is 10.0. The normalized spacial score (nSPS) is 10.0. The van der Waals surface area contributed by atoms with Gasteiger partial charge in [-0.3, -0.25) is 4.79 Å². The Labute approximate surface area is 122 Å². The molecule has 0 aliphatic carbocycles. The maximum absolute atomic E-state index is 12.3. The van der Waals surface area contributed by atoms with E-state index in [4.69, 9.17) is 4.74 Å². The predicted molar refractivity (Wildman–Crippen MR) is 76.5 cm³/mol. The monoisotopic (exact) mass is 284 g/mol. The molecule has 2 aromatic carbocycles. The van der Waals surface area contributed by atoms with Crippen LogP contribution in [0.25, 0.3) is 0 Å². The van der Waals surface area contributed by atoms with E-state index in [0.29, 0.717) is 11.3 Å². The van der Waals surface area contributed by atoms with Crippen molar-refractivity contribution in [1.29, 1.82) is 0 Å². The number of methoxy groups -OCH3 is 1. The predicted octanol–water partition coefficient (Wildman–Crippen LogP) is 1.62. The third kappa shape index (κ3) is 3.02. The average molecular weight is 284 g/mol. The number of aryl methyl sites for hydroxylation is 1. The smallest absolute Gasteiger partial charge is 0.259 e. The van der Waals surface area contributed by atoms with Crippen LogP contribution in [0.15, 0.2) is 42.5 Å². The van der Waals surface area contributed by atoms with Crippen molar-refractivity contribution in [2.75, 3.05) is 12.4 Å². The number of nitrogens with one attached hydrogen (secondary N) is 1. The van der Waals surface area contributed by atoms with E-state index in [0.717, 1.165) is 5.56 Å². The lowest BCUT2D eigenvalue weighted by Crippen LogP contribution is -2.25. The van der Waals surface area contributed by atoms with Gasteiger partial charge in [-0.2, -0.15) is 0 Å². The highest BCUT2D eigenvalue weighted by atomic mass is 16.5. The molecule has 21 heavy (non-hydrogen) atoms. The van der Waals surface area contributed by atoms with E-state index in [2.05, 4.69) is 5.32 Å². The summed E-state index contributed by atoms with van der Waals surface area (Å²) in [5, 5.41) is 13.6. The summed E-state index contributed by atoms with van der Waals surface area (Å²) < 4.78 is 5.22. The first-order valence-corrected chi connectivity index (χ1v) is 6.30. The van der Waals surface area contributed by atoms with Gasteiger partial charge < -0.3 is 20.0 Å². The van der Waals surface area contributed by atoms with Gasteiger partial charge in [0, 0.05) is 5.56 Å². The summed E-state index contributed by atoms with van der Waals surface area (Å²) in [6.07, 6.45) is 0. The lowest BCUT2D eigenvalue weighted by Gasteiger charge is -2.14. The van der Waals surface area contributed by atoms with E-state index in [9.17, 15) is 14.7 Å². The van der Waals surface area contributed by atoms with E-state index in [1.165, 1.54) is 19.2 Å². The number of benzene rings is 2. The first kappa shape index (κ1) is 14.6. The van der Waals surface area contributed by atoms with Crippen LogP contribution in [-0.2, 0) is 0 Å². The van der Waals surface area contributed by atoms with Crippen molar-refractivity contribution in [3.8, 4) is 5.75 Å². The van der Waals surface area contributed by atoms with E-state index >= 15 is 0 Å². The molecule has 1 N–H and O–H groups in total. The van der Waals surface area contributed by atoms with Gasteiger partial charge in [0.2, 0.25) is 0 Å². The van der Waals surface area contributed by atoms with Crippen LogP contribution in [0.3, 0.4) is 0 Å². The molecule has 0 saturated heterocycles. The molecular formula is C16H14NO4-. The molecule has 0 aromatic heterocycles. The molecule has 5 heteroatoms. The number of carboxylic acids is 1. The highest BCUT2D eigenvalue weighted by Crippen LogP contribution is 2.24. The number of aromatic carboxylic acids is 1. The summed E-state index contributed by atoms with van der Waals surface area (Å²) in [6, 6.07) is 11.2. The second kappa shape index (κ2) is 6.09. The van der Waals surface area contributed by atoms with Gasteiger partial charge >= 0.3 is 0 Å². The van der Waals surface area contributed by atoms with Gasteiger partial charge in [-0.25, -0.2) is 0 Å². The number of para-hydroxylation sites is 2. The largest absolute Gasteiger partial charge is 0.545 e. The molecule has 0 aliphatic heterocycles. The van der Waals surface area contributed by atoms with E-state index in [-0.39, 0.29) is 11.3 Å². The molecule has 0 heterocycles. The minimum absolute atomic E-state index is 0.0718. The Hall–Kier alpha value is -2.82. The van der Waals surface area contributed by atoms with Crippen LogP contribution in [0.5, 0.6) is 5.75 Å². The van der Waals surface area contributed by atoms with Crippen LogP contribution in [0.1, 0.15) is 26.3 Å². The SMILES string of the molecule is COc1c(C)cccc1C(=O)Nc1ccccc1C(=O)[O-]. The van der Waals surface area contributed by atoms with Crippen LogP contribution in [-0.4, -0.2) is 19.0 Å². The van der Waals surface area contributed by atoms with Gasteiger partial charge in [0.05, 0.1) is 24.3 Å². The van der Waals surface area contributed by atoms with Gasteiger partial charge in [0.25, 0.3) is 5.91 Å². The molecule has 0 atom stereocenters. The fourth-order valence-corrected chi connectivity index (χ4v) is 2.06. The fraction of sp³-hybridized carbons (Fsp3) is 0.125. The Morgan fingerprint density at radius 3 is 2.38 bits per heavy atom. The quantitative estimate of drug-likeness (QED) is 0.925. The van der Waals surface area contributed by atoms with Crippen molar-refractivity contribution in [3.63, 3.8) is 0 Å². The van der Waals surface area contributed by atoms with Crippen molar-refractivity contribution >= 4 is 17.6 Å². The summed E-state index contributed by atoms with van der Waals surface area (Å²) in [6.45, 7) is 1.82. The van der Waals surface area contributed by atoms with Crippen molar-refractivity contribution < 1.29 is 19.4 Å². The van der Waals surface area contributed by atoms with Crippen LogP contribution in [0.2, 0.25) is 0 Å². The maximum atomic E-state index is 12.3. The summed E-state index contributed by atoms with van der Waals surface area (Å²) in [7, 11) is 1.48. The van der Waals surface area contributed by atoms with Crippen molar-refractivity contribution in [2.24, 2.45) is 0 Å². The fourth-order valence-electron chi connectivity index (χ4n) is 2.06. The number of carboxylic acid groups (broad SMARTS) is 1. The standard InChI is InChI=1S/C16H15NO4/c1-10-6-5-8-12(14(10)21-2)15(18)17-13-9-4-3-7-11(13)16(19)20/h3-9H,1-2H3,(H,17,18)(H,19,20)/p-1. The van der Waals surface area contributed by atoms with E-state index in [1.807, 2.05) is 13.0 Å². The number of carbonyl (C=O) groups excluding carboxylic acids is 2. The molecule has 2 rings (SSSR count). The number of hydrogen-bond donors (Lipinski definition) is 1. The van der Waals surface area contributed by atoms with Crippen LogP contribution < -0.4 is 15.2 Å². The van der Waals surface area contributed by atoms with Gasteiger partial charge in [-0.05, 0) is 24.6 Å². The van der Waals surface area contributed by atoms with Crippen molar-refractivity contribution in [1.82, 2.24) is 0 Å². The molecule has 0 saturated carbocycles. The lowest BCUT2D eigenvalue weighted by atomic mass is 10.1. The first-order valence-electron chi connectivity index (χ1n) is 6.30. The molecule has 1 amide bonds. The summed E-state index contributed by atoms with van der Waals surface area (Å²) in [5.74, 6) is -1.33. The van der Waals surface area contributed by atoms with Gasteiger partial charge in [0.1, 0.15) is 5.75 Å². The highest BCUT2D eigenvalue weighted by Gasteiger charge is 2.15. The van der Waals surface area contributed by atoms with Crippen LogP contribution in [0.4, 0.5) is 5.69 Å². The van der Waals surface area contributed by atoms with Gasteiger partial charge in [-0.1, -0.05) is 30.3 Å². The van der Waals surface area contributed by atoms with E-state index < -0.39 is 11.9 Å². The number of hydrogen-bond acceptors (Lipinski definition) is 4. The average Bonchev–Trinajstić information content (AvgIpc) is 2.47. The molecule has 108 valence electrons. The summed E-state index contributed by atoms with van der Waals surface area (Å²) in [4.78, 5) is 23.3. The molecular weight excluding hydrogens is 270 g/mol. The molecule has 0 spiro atoms. The Morgan fingerprint density at radius 2 is 1.71 bits per heavy atom. The molecule has 0 radical (unpaired) electrons. The lowest BCUT2D eigenvalue weighted by molar-refractivity contribution is -0.254. The zero-order valence-corrected chi connectivity index (χ0v) is 11.7. The molecule has 2 aromatic rings. The van der Waals surface area contributed by atoms with Gasteiger partial charge in [0.15, 0.2) is 0 Å². The minimum atomic E-state index is -1.35. The van der Waals surface area contributed by atoms with Crippen LogP contribution >= 0.6 is 0 Å². The third-order valence-corrected chi connectivity index (χ3v) is 3.06. The second-order valence-electron chi connectivity index (χ2n) is 4.44. The topological polar surface area (TPSA) is 78.5 Å². The number of carbonyl (C=O) groups is 2. The molecule has 0 aliphatic rings.